The second-order valence-corrected chi connectivity index (χ2v) is 12.8. The van der Waals surface area contributed by atoms with Gasteiger partial charge in [0.05, 0.1) is 19.1 Å². The van der Waals surface area contributed by atoms with Gasteiger partial charge in [0.1, 0.15) is 42.2 Å². The van der Waals surface area contributed by atoms with Gasteiger partial charge < -0.3 is 58.0 Å². The van der Waals surface area contributed by atoms with Crippen LogP contribution < -0.4 is 38.1 Å². The number of aliphatic hydroxyl groups excluding tert-OH is 1. The van der Waals surface area contributed by atoms with Gasteiger partial charge in [-0.15, -0.1) is 0 Å². The Morgan fingerprint density at radius 3 is 1.96 bits per heavy atom. The average Bonchev–Trinajstić information content (AvgIpc) is 3.57. The van der Waals surface area contributed by atoms with Crippen molar-refractivity contribution in [2.75, 3.05) is 13.2 Å². The van der Waals surface area contributed by atoms with E-state index in [4.69, 9.17) is 11.5 Å². The molecule has 1 aromatic rings. The minimum Gasteiger partial charge on any atom is -0.508 e. The van der Waals surface area contributed by atoms with Gasteiger partial charge in [-0.25, -0.2) is 0 Å². The minimum absolute atomic E-state index is 0.0635. The Hall–Kier alpha value is -5.59. The number of aliphatic hydroxyl groups is 1. The van der Waals surface area contributed by atoms with E-state index < -0.39 is 103 Å². The fourth-order valence-electron chi connectivity index (χ4n) is 5.41. The number of nitrogens with two attached hydrogens (primary N) is 2. The second-order valence-electron chi connectivity index (χ2n) is 12.8. The second kappa shape index (κ2) is 20.3. The predicted octanol–water partition coefficient (Wildman–Crippen LogP) is -3.64. The highest BCUT2D eigenvalue weighted by Crippen LogP contribution is 2.21. The van der Waals surface area contributed by atoms with Gasteiger partial charge in [0.25, 0.3) is 0 Å². The zero-order valence-corrected chi connectivity index (χ0v) is 29.3. The largest absolute Gasteiger partial charge is 0.508 e. The summed E-state index contributed by atoms with van der Waals surface area (Å²) in [6.45, 7) is 3.88. The number of phenolic OH excluding ortho intramolecular Hbond substituents is 1. The molecule has 1 aliphatic rings. The number of carbonyl (C=O) groups excluding carboxylic acids is 9. The number of hydrogen-bond acceptors (Lipinski definition) is 11. The number of phenols is 1. The zero-order valence-electron chi connectivity index (χ0n) is 29.3. The van der Waals surface area contributed by atoms with Crippen LogP contribution in [0.2, 0.25) is 0 Å². The van der Waals surface area contributed by atoms with E-state index in [0.29, 0.717) is 18.3 Å². The minimum atomic E-state index is -1.71. The third-order valence-corrected chi connectivity index (χ3v) is 8.23. The van der Waals surface area contributed by atoms with Crippen LogP contribution in [-0.2, 0) is 49.6 Å². The molecule has 11 N–H and O–H groups in total. The first kappa shape index (κ1) is 42.6. The number of hydrogen-bond donors (Lipinski definition) is 9. The van der Waals surface area contributed by atoms with Crippen LogP contribution in [0.4, 0.5) is 0 Å². The van der Waals surface area contributed by atoms with Crippen molar-refractivity contribution in [3.63, 3.8) is 0 Å². The number of amides is 8. The van der Waals surface area contributed by atoms with E-state index in [2.05, 4.69) is 26.6 Å². The summed E-state index contributed by atoms with van der Waals surface area (Å²) in [5.41, 5.74) is 11.1. The van der Waals surface area contributed by atoms with Gasteiger partial charge in [-0.2, -0.15) is 0 Å². The van der Waals surface area contributed by atoms with Crippen LogP contribution in [0, 0.1) is 5.92 Å². The fraction of sp³-hybridized carbons (Fsp3) is 0.545. The molecule has 0 aromatic heterocycles. The fourth-order valence-corrected chi connectivity index (χ4v) is 5.41. The quantitative estimate of drug-likeness (QED) is 0.0589. The Balaban J connectivity index is 2.39. The number of aldehydes is 1. The molecule has 2 rings (SSSR count). The number of benzene rings is 1. The summed E-state index contributed by atoms with van der Waals surface area (Å²) < 4.78 is 0. The highest BCUT2D eigenvalue weighted by molar-refractivity contribution is 5.98. The Labute approximate surface area is 300 Å². The smallest absolute Gasteiger partial charge is 0.246 e. The van der Waals surface area contributed by atoms with E-state index in [-0.39, 0.29) is 37.5 Å². The molecule has 8 amide bonds. The van der Waals surface area contributed by atoms with Crippen molar-refractivity contribution < 1.29 is 53.4 Å². The highest BCUT2D eigenvalue weighted by atomic mass is 16.3. The molecular formula is C33H48N8O11. The van der Waals surface area contributed by atoms with E-state index in [1.54, 1.807) is 13.8 Å². The molecule has 1 saturated heterocycles. The molecule has 286 valence electrons. The summed E-state index contributed by atoms with van der Waals surface area (Å²) in [4.78, 5) is 115. The Morgan fingerprint density at radius 2 is 1.42 bits per heavy atom. The van der Waals surface area contributed by atoms with Crippen LogP contribution in [0.25, 0.3) is 0 Å². The molecule has 0 spiro atoms. The molecule has 1 aliphatic heterocycles. The van der Waals surface area contributed by atoms with Crippen molar-refractivity contribution in [3.05, 3.63) is 29.8 Å². The maximum absolute atomic E-state index is 14.1. The molecule has 19 nitrogen and oxygen atoms in total. The van der Waals surface area contributed by atoms with Gasteiger partial charge in [-0.1, -0.05) is 26.0 Å². The molecule has 0 radical (unpaired) electrons. The Morgan fingerprint density at radius 1 is 0.846 bits per heavy atom. The maximum Gasteiger partial charge on any atom is 0.246 e. The van der Waals surface area contributed by atoms with Crippen LogP contribution in [0.1, 0.15) is 58.4 Å². The molecule has 1 fully saturated rings. The molecular weight excluding hydrogens is 684 g/mol. The number of primary amides is 2. The monoisotopic (exact) mass is 732 g/mol. The topological polar surface area (TPSA) is 310 Å². The summed E-state index contributed by atoms with van der Waals surface area (Å²) >= 11 is 0. The van der Waals surface area contributed by atoms with Gasteiger partial charge in [0, 0.05) is 26.3 Å². The van der Waals surface area contributed by atoms with E-state index in [1.807, 2.05) is 0 Å². The van der Waals surface area contributed by atoms with E-state index >= 15 is 0 Å². The number of nitrogens with one attached hydrogen (secondary N) is 5. The zero-order chi connectivity index (χ0) is 39.1. The van der Waals surface area contributed by atoms with Gasteiger partial charge in [-0.3, -0.25) is 38.4 Å². The van der Waals surface area contributed by atoms with Crippen molar-refractivity contribution in [3.8, 4) is 5.75 Å². The lowest BCUT2D eigenvalue weighted by atomic mass is 10.0. The first-order valence-corrected chi connectivity index (χ1v) is 16.7. The van der Waals surface area contributed by atoms with Crippen molar-refractivity contribution in [1.82, 2.24) is 31.5 Å². The third-order valence-electron chi connectivity index (χ3n) is 8.23. The molecule has 0 bridgehead atoms. The average molecular weight is 733 g/mol. The molecule has 52 heavy (non-hydrogen) atoms. The molecule has 1 aromatic carbocycles. The molecule has 6 atom stereocenters. The lowest BCUT2D eigenvalue weighted by molar-refractivity contribution is -0.142. The summed E-state index contributed by atoms with van der Waals surface area (Å²) in [6, 6.07) is -2.15. The van der Waals surface area contributed by atoms with Crippen LogP contribution in [-0.4, -0.2) is 118 Å². The van der Waals surface area contributed by atoms with E-state index in [0.717, 1.165) is 6.92 Å². The number of carbonyl (C=O) groups is 9. The van der Waals surface area contributed by atoms with Crippen molar-refractivity contribution in [2.24, 2.45) is 17.4 Å². The SMILES string of the molecule is CC(=O)NC(CO)C(=O)NC(CCC(N)=O)C(=O)NC(CC(N)=O)C(=O)NC(Cc1ccc(O)cc1)C(=O)N1CCCC1C(=O)NC(C=O)C(C)C. The molecule has 19 heteroatoms. The first-order valence-electron chi connectivity index (χ1n) is 16.7. The number of aromatic hydroxyl groups is 1. The summed E-state index contributed by atoms with van der Waals surface area (Å²) in [5.74, 6) is -7.18. The number of likely N-dealkylation sites (tertiary alicyclic amines) is 1. The molecule has 0 aliphatic carbocycles. The Bertz CT molecular complexity index is 1490. The maximum atomic E-state index is 14.1. The van der Waals surface area contributed by atoms with Crippen molar-refractivity contribution in [2.45, 2.75) is 95.5 Å². The van der Waals surface area contributed by atoms with Gasteiger partial charge >= 0.3 is 0 Å². The first-order chi connectivity index (χ1) is 24.5. The predicted molar refractivity (Wildman–Crippen MR) is 182 cm³/mol. The molecule has 0 saturated carbocycles. The third kappa shape index (κ3) is 13.3. The molecule has 6 unspecified atom stereocenters. The van der Waals surface area contributed by atoms with Gasteiger partial charge in [0.2, 0.25) is 47.3 Å². The molecule has 1 heterocycles. The van der Waals surface area contributed by atoms with E-state index in [1.165, 1.54) is 29.2 Å². The van der Waals surface area contributed by atoms with Crippen LogP contribution in [0.15, 0.2) is 24.3 Å². The lowest BCUT2D eigenvalue weighted by Crippen LogP contribution is -2.60. The van der Waals surface area contributed by atoms with E-state index in [9.17, 15) is 53.4 Å². The standard InChI is InChI=1S/C33H48N8O11/c1-17(2)24(15-42)40-32(51)26-5-4-12-41(26)33(52)23(13-19-6-8-20(45)9-7-19)39-30(49)22(14-28(35)47)38-29(48)21(10-11-27(34)46)37-31(50)25(16-43)36-18(3)44/h6-9,15,17,21-26,43,45H,4-5,10-14,16H2,1-3H3,(H2,34,46)(H2,35,47)(H,36,44)(H,37,50)(H,38,48)(H,39,49)(H,40,51). The normalized spacial score (nSPS) is 16.7. The summed E-state index contributed by atoms with van der Waals surface area (Å²) in [7, 11) is 0. The summed E-state index contributed by atoms with van der Waals surface area (Å²) in [5, 5.41) is 31.2. The van der Waals surface area contributed by atoms with Gasteiger partial charge in [0.15, 0.2) is 0 Å². The van der Waals surface area contributed by atoms with Gasteiger partial charge in [-0.05, 0) is 42.9 Å². The summed E-state index contributed by atoms with van der Waals surface area (Å²) in [6.07, 6.45) is -0.391. The number of rotatable bonds is 20. The van der Waals surface area contributed by atoms with Crippen LogP contribution in [0.3, 0.4) is 0 Å². The van der Waals surface area contributed by atoms with Crippen LogP contribution >= 0.6 is 0 Å². The van der Waals surface area contributed by atoms with Crippen LogP contribution in [0.5, 0.6) is 5.75 Å². The van der Waals surface area contributed by atoms with Crippen molar-refractivity contribution >= 4 is 53.5 Å². The lowest BCUT2D eigenvalue weighted by Gasteiger charge is -2.31. The number of nitrogens with zero attached hydrogens (tertiary/aromatic N) is 1. The van der Waals surface area contributed by atoms with Crippen molar-refractivity contribution in [1.29, 1.82) is 0 Å². The Kier molecular flexibility index (Phi) is 16.6. The highest BCUT2D eigenvalue weighted by Gasteiger charge is 2.39.